The molecule has 0 fully saturated rings. The minimum atomic E-state index is -0.505. The summed E-state index contributed by atoms with van der Waals surface area (Å²) in [4.78, 5) is 18.7. The number of aromatic nitrogens is 1. The molecule has 1 aromatic heterocycles. The zero-order valence-electron chi connectivity index (χ0n) is 14.7. The Bertz CT molecular complexity index is 863. The number of benzene rings is 2. The van der Waals surface area contributed by atoms with Crippen LogP contribution in [0.1, 0.15) is 34.0 Å². The van der Waals surface area contributed by atoms with Gasteiger partial charge in [-0.15, -0.1) is 0 Å². The van der Waals surface area contributed by atoms with Crippen LogP contribution in [0.15, 0.2) is 73.1 Å². The van der Waals surface area contributed by atoms with Crippen molar-refractivity contribution in [3.05, 3.63) is 101 Å². The summed E-state index contributed by atoms with van der Waals surface area (Å²) in [6, 6.07) is 18.0. The van der Waals surface area contributed by atoms with Crippen LogP contribution in [0.25, 0.3) is 0 Å². The van der Waals surface area contributed by atoms with Crippen molar-refractivity contribution in [1.82, 2.24) is 9.88 Å². The Labute approximate surface area is 153 Å². The lowest BCUT2D eigenvalue weighted by Gasteiger charge is -2.23. The zero-order valence-corrected chi connectivity index (χ0v) is 14.7. The predicted molar refractivity (Wildman–Crippen MR) is 100 cm³/mol. The number of hydrogen-bond donors (Lipinski definition) is 0. The molecule has 3 rings (SSSR count). The maximum atomic E-state index is 14.1. The normalized spacial score (nSPS) is 10.5. The summed E-state index contributed by atoms with van der Waals surface area (Å²) in [6.45, 7) is 2.88. The fourth-order valence-corrected chi connectivity index (χ4v) is 2.82. The Hall–Kier alpha value is -3.01. The van der Waals surface area contributed by atoms with Crippen molar-refractivity contribution in [2.24, 2.45) is 0 Å². The molecule has 132 valence electrons. The first kappa shape index (κ1) is 17.8. The van der Waals surface area contributed by atoms with E-state index in [2.05, 4.69) is 24.0 Å². The highest BCUT2D eigenvalue weighted by molar-refractivity contribution is 5.94. The van der Waals surface area contributed by atoms with Crippen molar-refractivity contribution in [3.63, 3.8) is 0 Å². The lowest BCUT2D eigenvalue weighted by Crippen LogP contribution is -2.30. The highest BCUT2D eigenvalue weighted by atomic mass is 19.1. The van der Waals surface area contributed by atoms with Gasteiger partial charge in [-0.2, -0.15) is 0 Å². The van der Waals surface area contributed by atoms with Gasteiger partial charge in [0.15, 0.2) is 0 Å². The molecule has 0 aliphatic carbocycles. The summed E-state index contributed by atoms with van der Waals surface area (Å²) in [7, 11) is 0. The third kappa shape index (κ3) is 4.33. The molecular weight excluding hydrogens is 327 g/mol. The first-order chi connectivity index (χ1) is 12.7. The van der Waals surface area contributed by atoms with Gasteiger partial charge in [-0.05, 0) is 41.3 Å². The summed E-state index contributed by atoms with van der Waals surface area (Å²) >= 11 is 0. The highest BCUT2D eigenvalue weighted by Gasteiger charge is 2.19. The molecule has 0 spiro atoms. The highest BCUT2D eigenvalue weighted by Crippen LogP contribution is 2.16. The van der Waals surface area contributed by atoms with Gasteiger partial charge in [-0.1, -0.05) is 49.4 Å². The van der Waals surface area contributed by atoms with Gasteiger partial charge >= 0.3 is 0 Å². The molecule has 0 atom stereocenters. The van der Waals surface area contributed by atoms with Crippen molar-refractivity contribution in [1.29, 1.82) is 0 Å². The number of amides is 1. The van der Waals surface area contributed by atoms with Gasteiger partial charge in [0.1, 0.15) is 5.82 Å². The van der Waals surface area contributed by atoms with Crippen LogP contribution in [0.3, 0.4) is 0 Å². The molecule has 1 amide bonds. The van der Waals surface area contributed by atoms with E-state index < -0.39 is 5.82 Å². The van der Waals surface area contributed by atoms with Gasteiger partial charge in [0.25, 0.3) is 5.91 Å². The lowest BCUT2D eigenvalue weighted by atomic mass is 10.1. The lowest BCUT2D eigenvalue weighted by molar-refractivity contribution is 0.0725. The van der Waals surface area contributed by atoms with Gasteiger partial charge < -0.3 is 4.90 Å². The molecule has 0 unspecified atom stereocenters. The van der Waals surface area contributed by atoms with Crippen LogP contribution in [0.4, 0.5) is 4.39 Å². The Balaban J connectivity index is 1.87. The Morgan fingerprint density at radius 2 is 1.62 bits per heavy atom. The molecule has 0 aliphatic heterocycles. The molecule has 1 heterocycles. The van der Waals surface area contributed by atoms with E-state index in [1.165, 1.54) is 17.7 Å². The van der Waals surface area contributed by atoms with Crippen molar-refractivity contribution < 1.29 is 9.18 Å². The Morgan fingerprint density at radius 1 is 0.923 bits per heavy atom. The van der Waals surface area contributed by atoms with E-state index in [0.29, 0.717) is 13.1 Å². The van der Waals surface area contributed by atoms with E-state index >= 15 is 0 Å². The summed E-state index contributed by atoms with van der Waals surface area (Å²) < 4.78 is 14.1. The molecule has 2 aromatic carbocycles. The molecule has 0 N–H and O–H groups in total. The van der Waals surface area contributed by atoms with Crippen LogP contribution in [0.5, 0.6) is 0 Å². The van der Waals surface area contributed by atoms with Gasteiger partial charge in [0.05, 0.1) is 5.56 Å². The second-order valence-electron chi connectivity index (χ2n) is 6.17. The van der Waals surface area contributed by atoms with Crippen LogP contribution < -0.4 is 0 Å². The summed E-state index contributed by atoms with van der Waals surface area (Å²) in [6.07, 6.45) is 4.38. The number of rotatable bonds is 6. The van der Waals surface area contributed by atoms with Crippen molar-refractivity contribution in [3.8, 4) is 0 Å². The molecule has 0 saturated carbocycles. The number of pyridine rings is 1. The van der Waals surface area contributed by atoms with E-state index in [1.807, 2.05) is 24.3 Å². The zero-order chi connectivity index (χ0) is 18.4. The number of halogens is 1. The fraction of sp³-hybridized carbons (Fsp3) is 0.182. The van der Waals surface area contributed by atoms with Gasteiger partial charge in [-0.3, -0.25) is 9.78 Å². The van der Waals surface area contributed by atoms with Gasteiger partial charge in [-0.25, -0.2) is 4.39 Å². The van der Waals surface area contributed by atoms with Crippen molar-refractivity contribution in [2.45, 2.75) is 26.4 Å². The second kappa shape index (κ2) is 8.39. The maximum absolute atomic E-state index is 14.1. The van der Waals surface area contributed by atoms with Crippen molar-refractivity contribution >= 4 is 5.91 Å². The minimum absolute atomic E-state index is 0.0848. The van der Waals surface area contributed by atoms with E-state index in [4.69, 9.17) is 0 Å². The summed E-state index contributed by atoms with van der Waals surface area (Å²) in [5, 5.41) is 0. The largest absolute Gasteiger partial charge is 0.330 e. The molecular formula is C22H21FN2O. The van der Waals surface area contributed by atoms with Crippen LogP contribution in [-0.2, 0) is 19.5 Å². The molecule has 0 saturated heterocycles. The second-order valence-corrected chi connectivity index (χ2v) is 6.17. The summed E-state index contributed by atoms with van der Waals surface area (Å²) in [5.74, 6) is -0.832. The maximum Gasteiger partial charge on any atom is 0.257 e. The Morgan fingerprint density at radius 3 is 2.27 bits per heavy atom. The first-order valence-electron chi connectivity index (χ1n) is 8.68. The summed E-state index contributed by atoms with van der Waals surface area (Å²) in [5.41, 5.74) is 3.24. The van der Waals surface area contributed by atoms with Gasteiger partial charge in [0, 0.05) is 25.5 Å². The van der Waals surface area contributed by atoms with Crippen LogP contribution in [0.2, 0.25) is 0 Å². The SMILES string of the molecule is CCc1ccc(CN(Cc2cccnc2)C(=O)c2ccccc2F)cc1. The predicted octanol–water partition coefficient (Wildman–Crippen LogP) is 4.63. The third-order valence-electron chi connectivity index (χ3n) is 4.29. The first-order valence-corrected chi connectivity index (χ1v) is 8.68. The molecule has 0 bridgehead atoms. The van der Waals surface area contributed by atoms with Crippen LogP contribution >= 0.6 is 0 Å². The average molecular weight is 348 g/mol. The number of hydrogen-bond acceptors (Lipinski definition) is 2. The van der Waals surface area contributed by atoms with Crippen LogP contribution in [-0.4, -0.2) is 15.8 Å². The topological polar surface area (TPSA) is 33.2 Å². The van der Waals surface area contributed by atoms with Crippen LogP contribution in [0, 0.1) is 5.82 Å². The van der Waals surface area contributed by atoms with E-state index in [9.17, 15) is 9.18 Å². The molecule has 3 nitrogen and oxygen atoms in total. The molecule has 3 aromatic rings. The smallest absolute Gasteiger partial charge is 0.257 e. The number of carbonyl (C=O) groups is 1. The number of nitrogens with zero attached hydrogens (tertiary/aromatic N) is 2. The molecule has 0 radical (unpaired) electrons. The number of carbonyl (C=O) groups excluding carboxylic acids is 1. The van der Waals surface area contributed by atoms with E-state index in [0.717, 1.165) is 17.5 Å². The standard InChI is InChI=1S/C22H21FN2O/c1-2-17-9-11-18(12-10-17)15-25(16-19-6-5-13-24-14-19)22(26)20-7-3-4-8-21(20)23/h3-14H,2,15-16H2,1H3. The fourth-order valence-electron chi connectivity index (χ4n) is 2.82. The number of aryl methyl sites for hydroxylation is 1. The molecule has 0 aliphatic rings. The van der Waals surface area contributed by atoms with E-state index in [-0.39, 0.29) is 11.5 Å². The molecule has 26 heavy (non-hydrogen) atoms. The van der Waals surface area contributed by atoms with Crippen molar-refractivity contribution in [2.75, 3.05) is 0 Å². The monoisotopic (exact) mass is 348 g/mol. The Kier molecular flexibility index (Phi) is 5.74. The van der Waals surface area contributed by atoms with Gasteiger partial charge in [0.2, 0.25) is 0 Å². The third-order valence-corrected chi connectivity index (χ3v) is 4.29. The average Bonchev–Trinajstić information content (AvgIpc) is 2.69. The quantitative estimate of drug-likeness (QED) is 0.651. The molecule has 4 heteroatoms. The van der Waals surface area contributed by atoms with E-state index in [1.54, 1.807) is 29.4 Å². The minimum Gasteiger partial charge on any atom is -0.330 e.